The molecule has 7 heteroatoms. The minimum atomic E-state index is -0.167. The highest BCUT2D eigenvalue weighted by molar-refractivity contribution is 14.1. The van der Waals surface area contributed by atoms with Gasteiger partial charge in [0.15, 0.2) is 16.7 Å². The van der Waals surface area contributed by atoms with Crippen LogP contribution in [0.25, 0.3) is 6.08 Å². The SMILES string of the molecule is COc1cc(/C=C2\SC(=Nc3ccc(C)cc3)NC2=O)cc(I)c1OCc1ccc(C)cc1. The predicted octanol–water partition coefficient (Wildman–Crippen LogP) is 6.39. The molecule has 1 saturated heterocycles. The molecule has 33 heavy (non-hydrogen) atoms. The van der Waals surface area contributed by atoms with E-state index in [0.717, 1.165) is 25.9 Å². The van der Waals surface area contributed by atoms with Crippen LogP contribution in [-0.4, -0.2) is 18.2 Å². The largest absolute Gasteiger partial charge is 0.493 e. The van der Waals surface area contributed by atoms with Crippen LogP contribution in [0.1, 0.15) is 22.3 Å². The first-order valence-corrected chi connectivity index (χ1v) is 12.2. The lowest BCUT2D eigenvalue weighted by Gasteiger charge is -2.14. The van der Waals surface area contributed by atoms with Gasteiger partial charge >= 0.3 is 0 Å². The van der Waals surface area contributed by atoms with Crippen LogP contribution in [0, 0.1) is 17.4 Å². The van der Waals surface area contributed by atoms with Crippen LogP contribution in [0.3, 0.4) is 0 Å². The fourth-order valence-electron chi connectivity index (χ4n) is 3.17. The van der Waals surface area contributed by atoms with E-state index < -0.39 is 0 Å². The summed E-state index contributed by atoms with van der Waals surface area (Å²) in [4.78, 5) is 17.6. The molecule has 0 aromatic heterocycles. The van der Waals surface area contributed by atoms with Gasteiger partial charge in [0, 0.05) is 0 Å². The van der Waals surface area contributed by atoms with Crippen molar-refractivity contribution < 1.29 is 14.3 Å². The van der Waals surface area contributed by atoms with Crippen molar-refractivity contribution in [1.29, 1.82) is 0 Å². The Labute approximate surface area is 211 Å². The number of aliphatic imine (C=N–C) groups is 1. The Morgan fingerprint density at radius 1 is 1.03 bits per heavy atom. The van der Waals surface area contributed by atoms with Gasteiger partial charge in [-0.1, -0.05) is 47.5 Å². The highest BCUT2D eigenvalue weighted by atomic mass is 127. The fraction of sp³-hybridized carbons (Fsp3) is 0.154. The molecule has 1 aliphatic rings. The topological polar surface area (TPSA) is 59.9 Å². The Hall–Kier alpha value is -2.78. The molecule has 1 N–H and O–H groups in total. The molecule has 0 unspecified atom stereocenters. The van der Waals surface area contributed by atoms with Crippen LogP contribution in [0.2, 0.25) is 0 Å². The van der Waals surface area contributed by atoms with E-state index in [0.29, 0.717) is 28.2 Å². The van der Waals surface area contributed by atoms with Gasteiger partial charge in [-0.15, -0.1) is 0 Å². The van der Waals surface area contributed by atoms with E-state index in [9.17, 15) is 4.79 Å². The summed E-state index contributed by atoms with van der Waals surface area (Å²) >= 11 is 3.55. The van der Waals surface area contributed by atoms with E-state index in [-0.39, 0.29) is 5.91 Å². The maximum atomic E-state index is 12.5. The lowest BCUT2D eigenvalue weighted by atomic mass is 10.1. The zero-order chi connectivity index (χ0) is 23.4. The van der Waals surface area contributed by atoms with Crippen LogP contribution in [0.15, 0.2) is 70.6 Å². The third kappa shape index (κ3) is 5.97. The average molecular weight is 570 g/mol. The van der Waals surface area contributed by atoms with Crippen molar-refractivity contribution in [2.75, 3.05) is 7.11 Å². The summed E-state index contributed by atoms with van der Waals surface area (Å²) in [5.41, 5.74) is 5.12. The summed E-state index contributed by atoms with van der Waals surface area (Å²) in [5, 5.41) is 3.40. The highest BCUT2D eigenvalue weighted by Gasteiger charge is 2.24. The van der Waals surface area contributed by atoms with Crippen molar-refractivity contribution in [2.24, 2.45) is 4.99 Å². The number of methoxy groups -OCH3 is 1. The second-order valence-corrected chi connectivity index (χ2v) is 9.82. The molecule has 168 valence electrons. The number of thioether (sulfide) groups is 1. The number of ether oxygens (including phenoxy) is 2. The number of amides is 1. The summed E-state index contributed by atoms with van der Waals surface area (Å²) in [6, 6.07) is 19.9. The van der Waals surface area contributed by atoms with Crippen molar-refractivity contribution in [2.45, 2.75) is 20.5 Å². The third-order valence-corrected chi connectivity index (χ3v) is 6.68. The number of carbonyl (C=O) groups is 1. The molecule has 1 fully saturated rings. The number of amidine groups is 1. The predicted molar refractivity (Wildman–Crippen MR) is 143 cm³/mol. The van der Waals surface area contributed by atoms with Crippen LogP contribution in [-0.2, 0) is 11.4 Å². The average Bonchev–Trinajstić information content (AvgIpc) is 3.13. The molecule has 1 aliphatic heterocycles. The van der Waals surface area contributed by atoms with Crippen molar-refractivity contribution in [3.8, 4) is 11.5 Å². The lowest BCUT2D eigenvalue weighted by molar-refractivity contribution is -0.115. The van der Waals surface area contributed by atoms with Gasteiger partial charge in [-0.25, -0.2) is 4.99 Å². The molecule has 0 aliphatic carbocycles. The molecule has 4 rings (SSSR count). The fourth-order valence-corrected chi connectivity index (χ4v) is 4.79. The van der Waals surface area contributed by atoms with Gasteiger partial charge in [-0.2, -0.15) is 0 Å². The van der Waals surface area contributed by atoms with Gasteiger partial charge in [0.05, 0.1) is 21.3 Å². The Bertz CT molecular complexity index is 1240. The second-order valence-electron chi connectivity index (χ2n) is 7.63. The maximum absolute atomic E-state index is 12.5. The molecule has 3 aromatic rings. The highest BCUT2D eigenvalue weighted by Crippen LogP contribution is 2.36. The first kappa shape index (κ1) is 23.4. The number of nitrogens with zero attached hydrogens (tertiary/aromatic N) is 1. The van der Waals surface area contributed by atoms with E-state index in [2.05, 4.69) is 64.1 Å². The summed E-state index contributed by atoms with van der Waals surface area (Å²) in [7, 11) is 1.62. The summed E-state index contributed by atoms with van der Waals surface area (Å²) < 4.78 is 12.6. The van der Waals surface area contributed by atoms with E-state index in [4.69, 9.17) is 9.47 Å². The first-order valence-electron chi connectivity index (χ1n) is 10.3. The molecule has 5 nitrogen and oxygen atoms in total. The van der Waals surface area contributed by atoms with Gasteiger partial charge < -0.3 is 14.8 Å². The smallest absolute Gasteiger partial charge is 0.264 e. The molecule has 1 amide bonds. The van der Waals surface area contributed by atoms with Crippen molar-refractivity contribution in [1.82, 2.24) is 5.32 Å². The molecule has 0 atom stereocenters. The maximum Gasteiger partial charge on any atom is 0.264 e. The summed E-state index contributed by atoms with van der Waals surface area (Å²) in [5.74, 6) is 1.14. The van der Waals surface area contributed by atoms with E-state index in [1.165, 1.54) is 17.3 Å². The van der Waals surface area contributed by atoms with E-state index in [1.807, 2.05) is 49.4 Å². The quantitative estimate of drug-likeness (QED) is 0.276. The van der Waals surface area contributed by atoms with Crippen molar-refractivity contribution in [3.63, 3.8) is 0 Å². The third-order valence-electron chi connectivity index (χ3n) is 4.97. The number of hydrogen-bond donors (Lipinski definition) is 1. The molecule has 0 radical (unpaired) electrons. The van der Waals surface area contributed by atoms with Gasteiger partial charge in [0.25, 0.3) is 5.91 Å². The van der Waals surface area contributed by atoms with Crippen LogP contribution in [0.4, 0.5) is 5.69 Å². The van der Waals surface area contributed by atoms with Crippen LogP contribution in [0.5, 0.6) is 11.5 Å². The number of carbonyl (C=O) groups excluding carboxylic acids is 1. The molecule has 0 spiro atoms. The molecular weight excluding hydrogens is 547 g/mol. The lowest BCUT2D eigenvalue weighted by Crippen LogP contribution is -2.19. The zero-order valence-corrected chi connectivity index (χ0v) is 21.5. The van der Waals surface area contributed by atoms with Gasteiger partial charge in [0.1, 0.15) is 6.61 Å². The number of benzene rings is 3. The molecule has 0 saturated carbocycles. The number of nitrogens with one attached hydrogen (secondary N) is 1. The second kappa shape index (κ2) is 10.4. The van der Waals surface area contributed by atoms with E-state index >= 15 is 0 Å². The number of aryl methyl sites for hydroxylation is 2. The molecule has 0 bridgehead atoms. The summed E-state index contributed by atoms with van der Waals surface area (Å²) in [6.45, 7) is 4.53. The minimum absolute atomic E-state index is 0.167. The van der Waals surface area contributed by atoms with Crippen LogP contribution >= 0.6 is 34.4 Å². The van der Waals surface area contributed by atoms with Crippen LogP contribution < -0.4 is 14.8 Å². The Kier molecular flexibility index (Phi) is 7.39. The molecular formula is C26H23IN2O3S. The normalized spacial score (nSPS) is 15.7. The van der Waals surface area contributed by atoms with Gasteiger partial charge in [-0.3, -0.25) is 4.79 Å². The summed E-state index contributed by atoms with van der Waals surface area (Å²) in [6.07, 6.45) is 1.84. The number of hydrogen-bond acceptors (Lipinski definition) is 5. The van der Waals surface area contributed by atoms with Gasteiger partial charge in [0.2, 0.25) is 0 Å². The van der Waals surface area contributed by atoms with Gasteiger partial charge in [-0.05, 0) is 89.7 Å². The number of rotatable bonds is 6. The monoisotopic (exact) mass is 570 g/mol. The minimum Gasteiger partial charge on any atom is -0.493 e. The number of halogens is 1. The Morgan fingerprint density at radius 3 is 2.36 bits per heavy atom. The van der Waals surface area contributed by atoms with Crippen molar-refractivity contribution >= 4 is 57.2 Å². The zero-order valence-electron chi connectivity index (χ0n) is 18.5. The molecule has 1 heterocycles. The Morgan fingerprint density at radius 2 is 1.70 bits per heavy atom. The van der Waals surface area contributed by atoms with E-state index in [1.54, 1.807) is 7.11 Å². The first-order chi connectivity index (χ1) is 15.9. The Balaban J connectivity index is 1.52. The standard InChI is InChI=1S/C26H23IN2O3S/c1-16-4-8-18(9-5-16)15-32-24-21(27)12-19(13-22(24)31-3)14-23-25(30)29-26(33-23)28-20-10-6-17(2)7-11-20/h4-14H,15H2,1-3H3,(H,28,29,30)/b23-14-. The van der Waals surface area contributed by atoms with Crippen molar-refractivity contribution in [3.05, 3.63) is 91.4 Å². The molecule has 3 aromatic carbocycles.